The number of rotatable bonds is 8. The van der Waals surface area contributed by atoms with Gasteiger partial charge in [-0.15, -0.1) is 0 Å². The first kappa shape index (κ1) is 25.3. The van der Waals surface area contributed by atoms with E-state index >= 15 is 0 Å². The van der Waals surface area contributed by atoms with Crippen molar-refractivity contribution in [2.24, 2.45) is 5.92 Å². The van der Waals surface area contributed by atoms with Gasteiger partial charge in [-0.25, -0.2) is 9.18 Å². The maximum atomic E-state index is 14.6. The molecule has 3 heterocycles. The number of H-pyrrole nitrogens is 1. The van der Waals surface area contributed by atoms with E-state index in [1.54, 1.807) is 17.0 Å². The average molecular weight is 511 g/mol. The standard InChI is InChI=1S/C28H35FN4O4/c1-16(2)15-30-9-6-10-32-26(35)28(3)14-20-19-12-23(37-4)21(29)13-22(19)31-24(20)25(33(28)27(32)36)17-7-5-8-18(34)11-17/h7,11-13,16,25,30-31,34H,5-6,8-10,14-15H2,1-4H3/t25-,28+/m1/s1. The van der Waals surface area contributed by atoms with E-state index in [0.717, 1.165) is 28.8 Å². The molecular formula is C28H35FN4O4. The van der Waals surface area contributed by atoms with Gasteiger partial charge in [0.05, 0.1) is 12.9 Å². The van der Waals surface area contributed by atoms with Crippen LogP contribution in [0.25, 0.3) is 10.9 Å². The highest BCUT2D eigenvalue weighted by molar-refractivity contribution is 6.08. The molecule has 0 radical (unpaired) electrons. The highest BCUT2D eigenvalue weighted by atomic mass is 19.1. The SMILES string of the molecule is COc1cc2c3c([nH]c2cc1F)[C@@H](C1=CCCC(O)=C1)N1C(=O)N(CCCNCC(C)C)C(=O)[C@]1(C)C3. The highest BCUT2D eigenvalue weighted by Crippen LogP contribution is 2.50. The van der Waals surface area contributed by atoms with Crippen molar-refractivity contribution in [2.75, 3.05) is 26.7 Å². The van der Waals surface area contributed by atoms with Crippen molar-refractivity contribution in [1.29, 1.82) is 0 Å². The number of imide groups is 1. The minimum atomic E-state index is -1.11. The number of urea groups is 1. The van der Waals surface area contributed by atoms with Gasteiger partial charge in [-0.2, -0.15) is 0 Å². The first-order chi connectivity index (χ1) is 17.7. The Morgan fingerprint density at radius 1 is 1.32 bits per heavy atom. The number of carbonyl (C=O) groups is 2. The van der Waals surface area contributed by atoms with Crippen LogP contribution < -0.4 is 10.1 Å². The Hall–Kier alpha value is -3.33. The van der Waals surface area contributed by atoms with Crippen LogP contribution in [0.3, 0.4) is 0 Å². The molecule has 2 aromatic rings. The van der Waals surface area contributed by atoms with Gasteiger partial charge in [-0.3, -0.25) is 14.6 Å². The number of nitrogens with one attached hydrogen (secondary N) is 2. The number of aromatic amines is 1. The lowest BCUT2D eigenvalue weighted by atomic mass is 9.80. The van der Waals surface area contributed by atoms with Crippen molar-refractivity contribution in [2.45, 2.75) is 58.0 Å². The van der Waals surface area contributed by atoms with Crippen molar-refractivity contribution in [3.05, 3.63) is 52.7 Å². The number of amides is 3. The molecule has 0 spiro atoms. The molecule has 1 aliphatic carbocycles. The molecule has 198 valence electrons. The van der Waals surface area contributed by atoms with E-state index in [0.29, 0.717) is 50.2 Å². The van der Waals surface area contributed by atoms with Gasteiger partial charge >= 0.3 is 6.03 Å². The summed E-state index contributed by atoms with van der Waals surface area (Å²) in [6.07, 6.45) is 5.80. The summed E-state index contributed by atoms with van der Waals surface area (Å²) in [7, 11) is 1.42. The van der Waals surface area contributed by atoms with E-state index in [2.05, 4.69) is 24.1 Å². The van der Waals surface area contributed by atoms with Crippen molar-refractivity contribution in [3.8, 4) is 5.75 Å². The minimum Gasteiger partial charge on any atom is -0.512 e. The lowest BCUT2D eigenvalue weighted by Crippen LogP contribution is -2.53. The number of fused-ring (bicyclic) bond motifs is 4. The zero-order chi connectivity index (χ0) is 26.5. The van der Waals surface area contributed by atoms with Crippen LogP contribution >= 0.6 is 0 Å². The normalized spacial score (nSPS) is 23.5. The second-order valence-corrected chi connectivity index (χ2v) is 10.8. The Morgan fingerprint density at radius 3 is 2.81 bits per heavy atom. The van der Waals surface area contributed by atoms with Crippen LogP contribution in [-0.4, -0.2) is 64.1 Å². The van der Waals surface area contributed by atoms with Crippen molar-refractivity contribution in [3.63, 3.8) is 0 Å². The second-order valence-electron chi connectivity index (χ2n) is 10.8. The van der Waals surface area contributed by atoms with E-state index < -0.39 is 17.4 Å². The number of aliphatic hydroxyl groups is 1. The Morgan fingerprint density at radius 2 is 2.11 bits per heavy atom. The maximum Gasteiger partial charge on any atom is 0.328 e. The smallest absolute Gasteiger partial charge is 0.328 e. The Labute approximate surface area is 216 Å². The number of methoxy groups -OCH3 is 1. The molecule has 3 amide bonds. The molecule has 5 rings (SSSR count). The van der Waals surface area contributed by atoms with Crippen LogP contribution in [-0.2, 0) is 11.2 Å². The fourth-order valence-corrected chi connectivity index (χ4v) is 5.87. The van der Waals surface area contributed by atoms with Gasteiger partial charge in [0.2, 0.25) is 0 Å². The molecule has 1 fully saturated rings. The monoisotopic (exact) mass is 510 g/mol. The van der Waals surface area contributed by atoms with Crippen molar-refractivity contribution < 1.29 is 23.8 Å². The predicted molar refractivity (Wildman–Crippen MR) is 139 cm³/mol. The van der Waals surface area contributed by atoms with Crippen LogP contribution in [0, 0.1) is 11.7 Å². The summed E-state index contributed by atoms with van der Waals surface area (Å²) in [5, 5.41) is 14.5. The van der Waals surface area contributed by atoms with Crippen LogP contribution in [0.5, 0.6) is 5.75 Å². The van der Waals surface area contributed by atoms with Gasteiger partial charge in [0.25, 0.3) is 5.91 Å². The number of carbonyl (C=O) groups excluding carboxylic acids is 2. The second kappa shape index (κ2) is 9.52. The minimum absolute atomic E-state index is 0.122. The zero-order valence-corrected chi connectivity index (χ0v) is 21.9. The lowest BCUT2D eigenvalue weighted by molar-refractivity contribution is -0.133. The lowest BCUT2D eigenvalue weighted by Gasteiger charge is -2.43. The largest absolute Gasteiger partial charge is 0.512 e. The Balaban J connectivity index is 1.56. The third-order valence-electron chi connectivity index (χ3n) is 7.66. The molecule has 1 aromatic heterocycles. The molecular weight excluding hydrogens is 475 g/mol. The fraction of sp³-hybridized carbons (Fsp3) is 0.500. The van der Waals surface area contributed by atoms with Crippen molar-refractivity contribution in [1.82, 2.24) is 20.1 Å². The topological polar surface area (TPSA) is 97.9 Å². The quantitative estimate of drug-likeness (QED) is 0.352. The summed E-state index contributed by atoms with van der Waals surface area (Å²) < 4.78 is 19.8. The molecule has 3 N–H and O–H groups in total. The van der Waals surface area contributed by atoms with Crippen LogP contribution in [0.4, 0.5) is 9.18 Å². The van der Waals surface area contributed by atoms with E-state index in [4.69, 9.17) is 4.74 Å². The Bertz CT molecular complexity index is 1310. The highest BCUT2D eigenvalue weighted by Gasteiger charge is 2.60. The first-order valence-corrected chi connectivity index (χ1v) is 13.0. The number of benzene rings is 1. The number of hydrogen-bond donors (Lipinski definition) is 3. The van der Waals surface area contributed by atoms with E-state index in [-0.39, 0.29) is 23.4 Å². The number of aliphatic hydroxyl groups excluding tert-OH is 1. The third-order valence-corrected chi connectivity index (χ3v) is 7.66. The summed E-state index contributed by atoms with van der Waals surface area (Å²) in [4.78, 5) is 34.1. The zero-order valence-electron chi connectivity index (χ0n) is 21.9. The molecule has 2 atom stereocenters. The van der Waals surface area contributed by atoms with Gasteiger partial charge in [0.1, 0.15) is 11.6 Å². The molecule has 0 bridgehead atoms. The number of allylic oxidation sites excluding steroid dienone is 2. The fourth-order valence-electron chi connectivity index (χ4n) is 5.87. The molecule has 9 heteroatoms. The number of ether oxygens (including phenoxy) is 1. The number of aromatic nitrogens is 1. The number of nitrogens with zero attached hydrogens (tertiary/aromatic N) is 2. The van der Waals surface area contributed by atoms with Gasteiger partial charge in [-0.05, 0) is 62.1 Å². The van der Waals surface area contributed by atoms with Gasteiger partial charge in [-0.1, -0.05) is 19.9 Å². The Kier molecular flexibility index (Phi) is 6.52. The molecule has 1 aromatic carbocycles. The summed E-state index contributed by atoms with van der Waals surface area (Å²) in [5.41, 5.74) is 1.81. The summed E-state index contributed by atoms with van der Waals surface area (Å²) in [6, 6.07) is 2.09. The van der Waals surface area contributed by atoms with Gasteiger partial charge in [0.15, 0.2) is 11.6 Å². The molecule has 0 saturated carbocycles. The molecule has 8 nitrogen and oxygen atoms in total. The maximum absolute atomic E-state index is 14.6. The van der Waals surface area contributed by atoms with E-state index in [9.17, 15) is 19.1 Å². The van der Waals surface area contributed by atoms with E-state index in [1.807, 2.05) is 13.0 Å². The number of halogens is 1. The van der Waals surface area contributed by atoms with E-state index in [1.165, 1.54) is 18.1 Å². The third kappa shape index (κ3) is 4.19. The van der Waals surface area contributed by atoms with Crippen molar-refractivity contribution >= 4 is 22.8 Å². The van der Waals surface area contributed by atoms with Gasteiger partial charge < -0.3 is 20.1 Å². The van der Waals surface area contributed by atoms with Crippen LogP contribution in [0.1, 0.15) is 57.3 Å². The molecule has 2 aliphatic heterocycles. The van der Waals surface area contributed by atoms with Crippen LogP contribution in [0.2, 0.25) is 0 Å². The molecule has 0 unspecified atom stereocenters. The summed E-state index contributed by atoms with van der Waals surface area (Å²) in [6.45, 7) is 8.00. The number of hydrogen-bond acceptors (Lipinski definition) is 5. The van der Waals surface area contributed by atoms with Gasteiger partial charge in [0, 0.05) is 42.0 Å². The summed E-state index contributed by atoms with van der Waals surface area (Å²) >= 11 is 0. The molecule has 1 saturated heterocycles. The predicted octanol–water partition coefficient (Wildman–Crippen LogP) is 4.73. The summed E-state index contributed by atoms with van der Waals surface area (Å²) in [5.74, 6) is 0.159. The first-order valence-electron chi connectivity index (χ1n) is 13.0. The average Bonchev–Trinajstić information content (AvgIpc) is 3.28. The molecule has 37 heavy (non-hydrogen) atoms. The molecule has 3 aliphatic rings. The van der Waals surface area contributed by atoms with Crippen LogP contribution in [0.15, 0.2) is 35.6 Å².